The molecule has 1 amide bonds. The zero-order valence-corrected chi connectivity index (χ0v) is 12.0. The van der Waals surface area contributed by atoms with Gasteiger partial charge in [0, 0.05) is 23.6 Å². The zero-order valence-electron chi connectivity index (χ0n) is 12.0. The fourth-order valence-corrected chi connectivity index (χ4v) is 2.44. The number of aromatic nitrogens is 1. The Balaban J connectivity index is 1.83. The number of carbonyl (C=O) groups excluding carboxylic acids is 2. The van der Waals surface area contributed by atoms with Crippen LogP contribution in [0.4, 0.5) is 0 Å². The maximum Gasteiger partial charge on any atom is 0.340 e. The molecular formula is C16H18N2O3. The van der Waals surface area contributed by atoms with Crippen molar-refractivity contribution in [3.05, 3.63) is 36.0 Å². The molecule has 0 bridgehead atoms. The van der Waals surface area contributed by atoms with Crippen LogP contribution in [0.15, 0.2) is 30.5 Å². The van der Waals surface area contributed by atoms with Crippen molar-refractivity contribution in [3.63, 3.8) is 0 Å². The average Bonchev–Trinajstić information content (AvgIpc) is 3.27. The Kier molecular flexibility index (Phi) is 3.64. The number of hydrogen-bond donors (Lipinski definition) is 1. The minimum absolute atomic E-state index is 0.0286. The van der Waals surface area contributed by atoms with E-state index in [0.29, 0.717) is 11.5 Å². The summed E-state index contributed by atoms with van der Waals surface area (Å²) in [7, 11) is 1.36. The third-order valence-electron chi connectivity index (χ3n) is 3.79. The standard InChI is InChI=1S/C16H18N2O3/c1-21-16(20)13-9-18(14-5-3-2-4-12(13)14)10-15(19)17-8-11-6-7-11/h2-5,9,11H,6-8,10H2,1H3,(H,17,19). The molecule has 0 aliphatic heterocycles. The van der Waals surface area contributed by atoms with Crippen LogP contribution in [0.25, 0.3) is 10.9 Å². The van der Waals surface area contributed by atoms with E-state index >= 15 is 0 Å². The molecule has 0 radical (unpaired) electrons. The molecule has 5 nitrogen and oxygen atoms in total. The highest BCUT2D eigenvalue weighted by molar-refractivity contribution is 6.04. The summed E-state index contributed by atoms with van der Waals surface area (Å²) < 4.78 is 6.59. The first-order valence-corrected chi connectivity index (χ1v) is 7.12. The summed E-state index contributed by atoms with van der Waals surface area (Å²) in [6, 6.07) is 7.52. The molecule has 1 fully saturated rings. The molecular weight excluding hydrogens is 268 g/mol. The Hall–Kier alpha value is -2.30. The molecule has 0 atom stereocenters. The number of nitrogens with zero attached hydrogens (tertiary/aromatic N) is 1. The summed E-state index contributed by atoms with van der Waals surface area (Å²) in [5.74, 6) is 0.239. The van der Waals surface area contributed by atoms with Crippen LogP contribution in [-0.4, -0.2) is 30.1 Å². The van der Waals surface area contributed by atoms with Crippen molar-refractivity contribution in [1.29, 1.82) is 0 Å². The number of hydrogen-bond acceptors (Lipinski definition) is 3. The highest BCUT2D eigenvalue weighted by atomic mass is 16.5. The van der Waals surface area contributed by atoms with Crippen LogP contribution in [-0.2, 0) is 16.1 Å². The molecule has 1 N–H and O–H groups in total. The van der Waals surface area contributed by atoms with E-state index in [2.05, 4.69) is 5.32 Å². The molecule has 0 unspecified atom stereocenters. The fourth-order valence-electron chi connectivity index (χ4n) is 2.44. The van der Waals surface area contributed by atoms with Crippen molar-refractivity contribution in [1.82, 2.24) is 9.88 Å². The molecule has 1 saturated carbocycles. The Bertz CT molecular complexity index is 686. The molecule has 21 heavy (non-hydrogen) atoms. The predicted octanol–water partition coefficient (Wildman–Crippen LogP) is 1.95. The first-order chi connectivity index (χ1) is 10.2. The van der Waals surface area contributed by atoms with Crippen LogP contribution in [0, 0.1) is 5.92 Å². The Morgan fingerprint density at radius 1 is 1.33 bits per heavy atom. The number of fused-ring (bicyclic) bond motifs is 1. The fraction of sp³-hybridized carbons (Fsp3) is 0.375. The van der Waals surface area contributed by atoms with Gasteiger partial charge in [0.15, 0.2) is 0 Å². The Morgan fingerprint density at radius 2 is 2.10 bits per heavy atom. The van der Waals surface area contributed by atoms with Gasteiger partial charge in [0.05, 0.1) is 12.7 Å². The summed E-state index contributed by atoms with van der Waals surface area (Å²) in [6.45, 7) is 0.964. The lowest BCUT2D eigenvalue weighted by molar-refractivity contribution is -0.121. The summed E-state index contributed by atoms with van der Waals surface area (Å²) >= 11 is 0. The van der Waals surface area contributed by atoms with Gasteiger partial charge in [-0.1, -0.05) is 18.2 Å². The molecule has 3 rings (SSSR count). The largest absolute Gasteiger partial charge is 0.465 e. The van der Waals surface area contributed by atoms with Crippen LogP contribution in [0.5, 0.6) is 0 Å². The highest BCUT2D eigenvalue weighted by Crippen LogP contribution is 2.27. The van der Waals surface area contributed by atoms with Gasteiger partial charge in [-0.3, -0.25) is 4.79 Å². The second kappa shape index (κ2) is 5.60. The smallest absolute Gasteiger partial charge is 0.340 e. The number of carbonyl (C=O) groups is 2. The van der Waals surface area contributed by atoms with E-state index in [0.717, 1.165) is 17.4 Å². The summed E-state index contributed by atoms with van der Waals surface area (Å²) in [6.07, 6.45) is 4.10. The lowest BCUT2D eigenvalue weighted by atomic mass is 10.2. The lowest BCUT2D eigenvalue weighted by Crippen LogP contribution is -2.29. The minimum atomic E-state index is -0.386. The summed E-state index contributed by atoms with van der Waals surface area (Å²) in [5.41, 5.74) is 1.35. The van der Waals surface area contributed by atoms with Crippen molar-refractivity contribution in [3.8, 4) is 0 Å². The second-order valence-electron chi connectivity index (χ2n) is 5.43. The van der Waals surface area contributed by atoms with Gasteiger partial charge in [0.2, 0.25) is 5.91 Å². The molecule has 0 saturated heterocycles. The van der Waals surface area contributed by atoms with E-state index in [-0.39, 0.29) is 18.4 Å². The predicted molar refractivity (Wildman–Crippen MR) is 79.0 cm³/mol. The number of para-hydroxylation sites is 1. The molecule has 1 aliphatic rings. The normalized spacial score (nSPS) is 14.1. The van der Waals surface area contributed by atoms with Gasteiger partial charge in [0.25, 0.3) is 0 Å². The number of rotatable bonds is 5. The van der Waals surface area contributed by atoms with Crippen molar-refractivity contribution >= 4 is 22.8 Å². The maximum atomic E-state index is 12.0. The molecule has 1 heterocycles. The quantitative estimate of drug-likeness (QED) is 0.855. The van der Waals surface area contributed by atoms with Crippen molar-refractivity contribution in [2.24, 2.45) is 5.92 Å². The molecule has 0 spiro atoms. The number of nitrogens with one attached hydrogen (secondary N) is 1. The van der Waals surface area contributed by atoms with Gasteiger partial charge in [-0.05, 0) is 24.8 Å². The van der Waals surface area contributed by atoms with Crippen LogP contribution in [0.2, 0.25) is 0 Å². The number of benzene rings is 1. The van der Waals surface area contributed by atoms with Crippen molar-refractivity contribution < 1.29 is 14.3 Å². The van der Waals surface area contributed by atoms with E-state index in [1.165, 1.54) is 20.0 Å². The molecule has 1 aromatic carbocycles. The van der Waals surface area contributed by atoms with E-state index < -0.39 is 0 Å². The Labute approximate surface area is 122 Å². The molecule has 110 valence electrons. The van der Waals surface area contributed by atoms with Gasteiger partial charge in [-0.25, -0.2) is 4.79 Å². The average molecular weight is 286 g/mol. The van der Waals surface area contributed by atoms with Gasteiger partial charge >= 0.3 is 5.97 Å². The van der Waals surface area contributed by atoms with Gasteiger partial charge in [0.1, 0.15) is 6.54 Å². The SMILES string of the molecule is COC(=O)c1cn(CC(=O)NCC2CC2)c2ccccc12. The van der Waals surface area contributed by atoms with Crippen LogP contribution in [0.1, 0.15) is 23.2 Å². The highest BCUT2D eigenvalue weighted by Gasteiger charge is 2.22. The number of amides is 1. The zero-order chi connectivity index (χ0) is 14.8. The number of esters is 1. The van der Waals surface area contributed by atoms with E-state index in [1.807, 2.05) is 24.3 Å². The Morgan fingerprint density at radius 3 is 2.81 bits per heavy atom. The first-order valence-electron chi connectivity index (χ1n) is 7.12. The number of methoxy groups -OCH3 is 1. The van der Waals surface area contributed by atoms with Crippen LogP contribution < -0.4 is 5.32 Å². The topological polar surface area (TPSA) is 60.3 Å². The number of ether oxygens (including phenoxy) is 1. The monoisotopic (exact) mass is 286 g/mol. The van der Waals surface area contributed by atoms with E-state index in [9.17, 15) is 9.59 Å². The second-order valence-corrected chi connectivity index (χ2v) is 5.43. The minimum Gasteiger partial charge on any atom is -0.465 e. The summed E-state index contributed by atoms with van der Waals surface area (Å²) in [4.78, 5) is 23.8. The van der Waals surface area contributed by atoms with Gasteiger partial charge < -0.3 is 14.6 Å². The van der Waals surface area contributed by atoms with Crippen LogP contribution in [0.3, 0.4) is 0 Å². The third-order valence-corrected chi connectivity index (χ3v) is 3.79. The molecule has 1 aromatic heterocycles. The first kappa shape index (κ1) is 13.7. The maximum absolute atomic E-state index is 12.0. The van der Waals surface area contributed by atoms with Crippen molar-refractivity contribution in [2.45, 2.75) is 19.4 Å². The lowest BCUT2D eigenvalue weighted by Gasteiger charge is -2.06. The summed E-state index contributed by atoms with van der Waals surface area (Å²) in [5, 5.41) is 3.74. The van der Waals surface area contributed by atoms with Gasteiger partial charge in [-0.2, -0.15) is 0 Å². The van der Waals surface area contributed by atoms with E-state index in [4.69, 9.17) is 4.74 Å². The van der Waals surface area contributed by atoms with Crippen molar-refractivity contribution in [2.75, 3.05) is 13.7 Å². The third kappa shape index (κ3) is 2.91. The molecule has 1 aliphatic carbocycles. The molecule has 5 heteroatoms. The van der Waals surface area contributed by atoms with Crippen LogP contribution >= 0.6 is 0 Å². The van der Waals surface area contributed by atoms with E-state index in [1.54, 1.807) is 10.8 Å². The molecule has 2 aromatic rings. The van der Waals surface area contributed by atoms with Gasteiger partial charge in [-0.15, -0.1) is 0 Å².